The van der Waals surface area contributed by atoms with Gasteiger partial charge in [-0.1, -0.05) is 41.9 Å². The Labute approximate surface area is 169 Å². The average Bonchev–Trinajstić information content (AvgIpc) is 3.01. The highest BCUT2D eigenvalue weighted by atomic mass is 35.5. The quantitative estimate of drug-likeness (QED) is 0.661. The van der Waals surface area contributed by atoms with Gasteiger partial charge in [0.25, 0.3) is 0 Å². The molecule has 1 heterocycles. The van der Waals surface area contributed by atoms with Crippen LogP contribution in [0.4, 0.5) is 10.6 Å². The predicted molar refractivity (Wildman–Crippen MR) is 111 cm³/mol. The number of carbonyl (C=O) groups excluding carboxylic acids is 1. The molecule has 3 rings (SSSR count). The molecule has 0 radical (unpaired) electrons. The molecule has 6 nitrogen and oxygen atoms in total. The minimum atomic E-state index is -0.240. The molecule has 0 aliphatic heterocycles. The van der Waals surface area contributed by atoms with Gasteiger partial charge < -0.3 is 9.64 Å². The van der Waals surface area contributed by atoms with Gasteiger partial charge in [0.15, 0.2) is 0 Å². The fourth-order valence-corrected chi connectivity index (χ4v) is 3.12. The number of aromatic nitrogens is 2. The molecule has 0 saturated heterocycles. The van der Waals surface area contributed by atoms with Crippen LogP contribution >= 0.6 is 11.6 Å². The number of nitrogens with zero attached hydrogens (tertiary/aromatic N) is 3. The first kappa shape index (κ1) is 19.8. The van der Waals surface area contributed by atoms with Gasteiger partial charge in [0.2, 0.25) is 0 Å². The summed E-state index contributed by atoms with van der Waals surface area (Å²) in [4.78, 5) is 14.3. The Morgan fingerprint density at radius 2 is 1.96 bits per heavy atom. The lowest BCUT2D eigenvalue weighted by molar-refractivity contribution is 0.220. The number of amides is 2. The van der Waals surface area contributed by atoms with Crippen LogP contribution in [0.5, 0.6) is 5.75 Å². The summed E-state index contributed by atoms with van der Waals surface area (Å²) in [5, 5.41) is 8.02. The highest BCUT2D eigenvalue weighted by molar-refractivity contribution is 6.30. The summed E-state index contributed by atoms with van der Waals surface area (Å²) in [6.07, 6.45) is 0. The maximum Gasteiger partial charge on any atom is 0.323 e. The molecule has 2 aromatic carbocycles. The molecular weight excluding hydrogens is 376 g/mol. The van der Waals surface area contributed by atoms with E-state index < -0.39 is 0 Å². The Kier molecular flexibility index (Phi) is 6.21. The van der Waals surface area contributed by atoms with E-state index in [9.17, 15) is 4.79 Å². The van der Waals surface area contributed by atoms with Crippen LogP contribution in [0.25, 0.3) is 0 Å². The van der Waals surface area contributed by atoms with E-state index in [-0.39, 0.29) is 6.03 Å². The van der Waals surface area contributed by atoms with Crippen LogP contribution in [0.15, 0.2) is 54.6 Å². The lowest BCUT2D eigenvalue weighted by Crippen LogP contribution is -2.31. The Morgan fingerprint density at radius 3 is 2.68 bits per heavy atom. The molecule has 28 heavy (non-hydrogen) atoms. The number of rotatable bonds is 6. The van der Waals surface area contributed by atoms with E-state index in [0.717, 1.165) is 16.8 Å². The van der Waals surface area contributed by atoms with E-state index in [1.54, 1.807) is 41.9 Å². The van der Waals surface area contributed by atoms with Crippen molar-refractivity contribution < 1.29 is 9.53 Å². The van der Waals surface area contributed by atoms with Crippen molar-refractivity contribution in [2.75, 3.05) is 19.5 Å². The van der Waals surface area contributed by atoms with Crippen molar-refractivity contribution in [3.63, 3.8) is 0 Å². The Bertz CT molecular complexity index is 956. The Balaban J connectivity index is 1.72. The summed E-state index contributed by atoms with van der Waals surface area (Å²) >= 11 is 6.08. The van der Waals surface area contributed by atoms with E-state index in [1.807, 2.05) is 43.3 Å². The average molecular weight is 399 g/mol. The highest BCUT2D eigenvalue weighted by Gasteiger charge is 2.15. The first-order valence-electron chi connectivity index (χ1n) is 8.89. The van der Waals surface area contributed by atoms with E-state index >= 15 is 0 Å². The molecule has 0 aliphatic carbocycles. The molecule has 0 saturated carbocycles. The van der Waals surface area contributed by atoms with E-state index in [2.05, 4.69) is 10.4 Å². The van der Waals surface area contributed by atoms with Gasteiger partial charge in [-0.25, -0.2) is 9.48 Å². The molecule has 0 spiro atoms. The van der Waals surface area contributed by atoms with Gasteiger partial charge >= 0.3 is 6.03 Å². The smallest absolute Gasteiger partial charge is 0.323 e. The number of urea groups is 1. The zero-order valence-electron chi connectivity index (χ0n) is 16.1. The van der Waals surface area contributed by atoms with Crippen LogP contribution in [0, 0.1) is 6.92 Å². The van der Waals surface area contributed by atoms with Crippen LogP contribution in [0.2, 0.25) is 5.02 Å². The normalized spacial score (nSPS) is 10.6. The van der Waals surface area contributed by atoms with Crippen molar-refractivity contribution in [3.8, 4) is 5.75 Å². The van der Waals surface area contributed by atoms with Crippen molar-refractivity contribution in [1.29, 1.82) is 0 Å². The molecule has 0 aliphatic rings. The summed E-state index contributed by atoms with van der Waals surface area (Å²) < 4.78 is 7.15. The fraction of sp³-hybridized carbons (Fsp3) is 0.238. The number of halogens is 1. The molecule has 7 heteroatoms. The second kappa shape index (κ2) is 8.80. The number of nitrogens with one attached hydrogen (secondary N) is 1. The molecule has 1 N–H and O–H groups in total. The zero-order valence-corrected chi connectivity index (χ0v) is 16.9. The van der Waals surface area contributed by atoms with Crippen LogP contribution in [0.1, 0.15) is 16.8 Å². The Hall–Kier alpha value is -2.99. The van der Waals surface area contributed by atoms with Crippen molar-refractivity contribution in [3.05, 3.63) is 76.4 Å². The minimum Gasteiger partial charge on any atom is -0.496 e. The number of hydrogen-bond donors (Lipinski definition) is 1. The second-order valence-electron chi connectivity index (χ2n) is 6.56. The third-order valence-electron chi connectivity index (χ3n) is 4.31. The van der Waals surface area contributed by atoms with Gasteiger partial charge in [-0.05, 0) is 30.7 Å². The van der Waals surface area contributed by atoms with Crippen LogP contribution in [-0.4, -0.2) is 34.9 Å². The number of methoxy groups -OCH3 is 1. The maximum absolute atomic E-state index is 12.7. The molecule has 0 unspecified atom stereocenters. The molecular formula is C21H23ClN4O2. The topological polar surface area (TPSA) is 59.4 Å². The maximum atomic E-state index is 12.7. The van der Waals surface area contributed by atoms with Gasteiger partial charge in [-0.15, -0.1) is 0 Å². The second-order valence-corrected chi connectivity index (χ2v) is 6.99. The number of benzene rings is 2. The highest BCUT2D eigenvalue weighted by Crippen LogP contribution is 2.24. The summed E-state index contributed by atoms with van der Waals surface area (Å²) in [6.45, 7) is 2.84. The third kappa shape index (κ3) is 4.84. The lowest BCUT2D eigenvalue weighted by Gasteiger charge is -2.20. The van der Waals surface area contributed by atoms with Crippen LogP contribution < -0.4 is 10.1 Å². The third-order valence-corrected chi connectivity index (χ3v) is 4.54. The minimum absolute atomic E-state index is 0.240. The van der Waals surface area contributed by atoms with Crippen LogP contribution in [-0.2, 0) is 13.1 Å². The van der Waals surface area contributed by atoms with Crippen molar-refractivity contribution in [2.24, 2.45) is 0 Å². The molecule has 0 fully saturated rings. The number of anilines is 1. The summed E-state index contributed by atoms with van der Waals surface area (Å²) in [5.41, 5.74) is 2.78. The van der Waals surface area contributed by atoms with Gasteiger partial charge in [0.1, 0.15) is 11.6 Å². The first-order valence-corrected chi connectivity index (χ1v) is 9.27. The zero-order chi connectivity index (χ0) is 20.1. The lowest BCUT2D eigenvalue weighted by atomic mass is 10.2. The molecule has 3 aromatic rings. The predicted octanol–water partition coefficient (Wildman–Crippen LogP) is 4.57. The van der Waals surface area contributed by atoms with E-state index in [0.29, 0.717) is 29.7 Å². The van der Waals surface area contributed by atoms with E-state index in [1.165, 1.54) is 0 Å². The van der Waals surface area contributed by atoms with Gasteiger partial charge in [0.05, 0.1) is 25.9 Å². The molecule has 1 aromatic heterocycles. The summed E-state index contributed by atoms with van der Waals surface area (Å²) in [6, 6.07) is 17.0. The number of aryl methyl sites for hydroxylation is 1. The molecule has 146 valence electrons. The van der Waals surface area contributed by atoms with Gasteiger partial charge in [0, 0.05) is 23.7 Å². The fourth-order valence-electron chi connectivity index (χ4n) is 2.93. The summed E-state index contributed by atoms with van der Waals surface area (Å²) in [7, 11) is 3.32. The molecule has 2 amide bonds. The van der Waals surface area contributed by atoms with Crippen molar-refractivity contribution in [1.82, 2.24) is 14.7 Å². The first-order chi connectivity index (χ1) is 13.5. The largest absolute Gasteiger partial charge is 0.496 e. The van der Waals surface area contributed by atoms with Crippen LogP contribution in [0.3, 0.4) is 0 Å². The molecule has 0 bridgehead atoms. The number of hydrogen-bond acceptors (Lipinski definition) is 3. The number of carbonyl (C=O) groups is 1. The summed E-state index contributed by atoms with van der Waals surface area (Å²) in [5.74, 6) is 1.34. The SMILES string of the molecule is COc1ccc(Cl)cc1CN(C)C(=O)Nc1cc(C)nn1Cc1ccccc1. The van der Waals surface area contributed by atoms with Gasteiger partial charge in [-0.2, -0.15) is 5.10 Å². The molecule has 0 atom stereocenters. The monoisotopic (exact) mass is 398 g/mol. The standard InChI is InChI=1S/C21H23ClN4O2/c1-15-11-20(26(24-15)13-16-7-5-4-6-8-16)23-21(27)25(2)14-17-12-18(22)9-10-19(17)28-3/h4-12H,13-14H2,1-3H3,(H,23,27). The van der Waals surface area contributed by atoms with Gasteiger partial charge in [-0.3, -0.25) is 5.32 Å². The Morgan fingerprint density at radius 1 is 1.21 bits per heavy atom. The van der Waals surface area contributed by atoms with E-state index in [4.69, 9.17) is 16.3 Å². The van der Waals surface area contributed by atoms with Crippen molar-refractivity contribution in [2.45, 2.75) is 20.0 Å². The number of ether oxygens (including phenoxy) is 1. The van der Waals surface area contributed by atoms with Crippen molar-refractivity contribution >= 4 is 23.4 Å².